The third-order valence-electron chi connectivity index (χ3n) is 3.47. The van der Waals surface area contributed by atoms with Crippen molar-refractivity contribution in [2.45, 2.75) is 25.8 Å². The fourth-order valence-electron chi connectivity index (χ4n) is 2.54. The minimum absolute atomic E-state index is 0.277. The first kappa shape index (κ1) is 10.5. The zero-order chi connectivity index (χ0) is 11.8. The van der Waals surface area contributed by atoms with E-state index in [1.54, 1.807) is 0 Å². The van der Waals surface area contributed by atoms with Crippen molar-refractivity contribution in [1.29, 1.82) is 0 Å². The first-order valence-corrected chi connectivity index (χ1v) is 6.03. The summed E-state index contributed by atoms with van der Waals surface area (Å²) in [5.74, 6) is 0. The molecule has 86 valence electrons. The molecular weight excluding hydrogens is 208 g/mol. The van der Waals surface area contributed by atoms with Gasteiger partial charge in [0, 0.05) is 17.8 Å². The molecule has 0 amide bonds. The number of pyridine rings is 1. The molecule has 1 aromatic carbocycles. The lowest BCUT2D eigenvalue weighted by molar-refractivity contribution is 0.721. The summed E-state index contributed by atoms with van der Waals surface area (Å²) in [4.78, 5) is 4.56. The standard InChI is InChI=1S/C15H16N2/c1-10-4-2-3-5-14(10)15-8-11-6-13(16)7-12(11)9-17-15/h2-5,8-9,13H,6-7,16H2,1H3. The van der Waals surface area contributed by atoms with Crippen LogP contribution in [-0.4, -0.2) is 11.0 Å². The number of nitrogens with two attached hydrogens (primary N) is 1. The molecule has 1 aliphatic rings. The second-order valence-electron chi connectivity index (χ2n) is 4.82. The van der Waals surface area contributed by atoms with E-state index in [4.69, 9.17) is 5.73 Å². The number of aromatic nitrogens is 1. The molecule has 0 saturated carbocycles. The van der Waals surface area contributed by atoms with Crippen LogP contribution in [-0.2, 0) is 12.8 Å². The van der Waals surface area contributed by atoms with Crippen LogP contribution >= 0.6 is 0 Å². The lowest BCUT2D eigenvalue weighted by Crippen LogP contribution is -2.18. The van der Waals surface area contributed by atoms with Crippen molar-refractivity contribution in [1.82, 2.24) is 4.98 Å². The maximum atomic E-state index is 5.98. The molecule has 2 N–H and O–H groups in total. The van der Waals surface area contributed by atoms with Gasteiger partial charge in [-0.2, -0.15) is 0 Å². The van der Waals surface area contributed by atoms with Gasteiger partial charge in [-0.3, -0.25) is 4.98 Å². The Morgan fingerprint density at radius 3 is 2.76 bits per heavy atom. The van der Waals surface area contributed by atoms with Gasteiger partial charge in [0.2, 0.25) is 0 Å². The average Bonchev–Trinajstić information content (AvgIpc) is 2.68. The molecule has 1 aromatic heterocycles. The second kappa shape index (κ2) is 3.97. The molecule has 0 bridgehead atoms. The molecular formula is C15H16N2. The Hall–Kier alpha value is -1.67. The quantitative estimate of drug-likeness (QED) is 0.808. The minimum atomic E-state index is 0.277. The van der Waals surface area contributed by atoms with Crippen molar-refractivity contribution < 1.29 is 0 Å². The van der Waals surface area contributed by atoms with Gasteiger partial charge in [0.25, 0.3) is 0 Å². The van der Waals surface area contributed by atoms with E-state index >= 15 is 0 Å². The van der Waals surface area contributed by atoms with Crippen LogP contribution in [0.25, 0.3) is 11.3 Å². The highest BCUT2D eigenvalue weighted by Gasteiger charge is 2.19. The SMILES string of the molecule is Cc1ccccc1-c1cc2c(cn1)CC(N)C2. The zero-order valence-electron chi connectivity index (χ0n) is 9.98. The lowest BCUT2D eigenvalue weighted by atomic mass is 10.0. The van der Waals surface area contributed by atoms with Crippen molar-refractivity contribution >= 4 is 0 Å². The lowest BCUT2D eigenvalue weighted by Gasteiger charge is -2.06. The summed E-state index contributed by atoms with van der Waals surface area (Å²) in [7, 11) is 0. The van der Waals surface area contributed by atoms with E-state index in [-0.39, 0.29) is 6.04 Å². The smallest absolute Gasteiger partial charge is 0.0707 e. The number of hydrogen-bond donors (Lipinski definition) is 1. The van der Waals surface area contributed by atoms with Gasteiger partial charge in [0.1, 0.15) is 0 Å². The molecule has 0 radical (unpaired) electrons. The van der Waals surface area contributed by atoms with Crippen LogP contribution in [0.4, 0.5) is 0 Å². The molecule has 17 heavy (non-hydrogen) atoms. The second-order valence-corrected chi connectivity index (χ2v) is 4.82. The third kappa shape index (κ3) is 1.85. The van der Waals surface area contributed by atoms with Crippen LogP contribution in [0.1, 0.15) is 16.7 Å². The average molecular weight is 224 g/mol. The van der Waals surface area contributed by atoms with Crippen molar-refractivity contribution in [3.8, 4) is 11.3 Å². The molecule has 1 unspecified atom stereocenters. The Kier molecular flexibility index (Phi) is 2.45. The predicted octanol–water partition coefficient (Wildman–Crippen LogP) is 2.48. The molecule has 2 nitrogen and oxygen atoms in total. The van der Waals surface area contributed by atoms with E-state index in [9.17, 15) is 0 Å². The number of rotatable bonds is 1. The Morgan fingerprint density at radius 1 is 1.18 bits per heavy atom. The number of benzene rings is 1. The topological polar surface area (TPSA) is 38.9 Å². The highest BCUT2D eigenvalue weighted by atomic mass is 14.7. The van der Waals surface area contributed by atoms with E-state index in [1.165, 1.54) is 22.3 Å². The minimum Gasteiger partial charge on any atom is -0.327 e. The van der Waals surface area contributed by atoms with Crippen LogP contribution in [0.2, 0.25) is 0 Å². The van der Waals surface area contributed by atoms with Crippen LogP contribution in [0.3, 0.4) is 0 Å². The van der Waals surface area contributed by atoms with Gasteiger partial charge in [-0.25, -0.2) is 0 Å². The van der Waals surface area contributed by atoms with E-state index in [2.05, 4.69) is 42.2 Å². The fraction of sp³-hybridized carbons (Fsp3) is 0.267. The molecule has 0 aliphatic heterocycles. The van der Waals surface area contributed by atoms with Crippen molar-refractivity contribution in [2.75, 3.05) is 0 Å². The van der Waals surface area contributed by atoms with Gasteiger partial charge >= 0.3 is 0 Å². The highest BCUT2D eigenvalue weighted by Crippen LogP contribution is 2.27. The van der Waals surface area contributed by atoms with E-state index in [0.29, 0.717) is 0 Å². The van der Waals surface area contributed by atoms with Gasteiger partial charge in [-0.1, -0.05) is 24.3 Å². The predicted molar refractivity (Wildman–Crippen MR) is 69.8 cm³/mol. The zero-order valence-corrected chi connectivity index (χ0v) is 9.98. The molecule has 0 saturated heterocycles. The summed E-state index contributed by atoms with van der Waals surface area (Å²) in [6.45, 7) is 2.12. The van der Waals surface area contributed by atoms with Gasteiger partial charge in [-0.15, -0.1) is 0 Å². The largest absolute Gasteiger partial charge is 0.327 e. The van der Waals surface area contributed by atoms with Gasteiger partial charge < -0.3 is 5.73 Å². The Labute approximate surface area is 102 Å². The normalized spacial score (nSPS) is 18.1. The Balaban J connectivity index is 2.07. The van der Waals surface area contributed by atoms with Crippen molar-refractivity contribution in [3.63, 3.8) is 0 Å². The molecule has 2 heteroatoms. The van der Waals surface area contributed by atoms with Crippen LogP contribution in [0, 0.1) is 6.92 Å². The van der Waals surface area contributed by atoms with Gasteiger partial charge in [0.15, 0.2) is 0 Å². The number of fused-ring (bicyclic) bond motifs is 1. The van der Waals surface area contributed by atoms with E-state index < -0.39 is 0 Å². The van der Waals surface area contributed by atoms with Gasteiger partial charge in [-0.05, 0) is 42.5 Å². The summed E-state index contributed by atoms with van der Waals surface area (Å²) < 4.78 is 0. The third-order valence-corrected chi connectivity index (χ3v) is 3.47. The molecule has 0 spiro atoms. The number of aryl methyl sites for hydroxylation is 1. The van der Waals surface area contributed by atoms with Crippen molar-refractivity contribution in [2.24, 2.45) is 5.73 Å². The Bertz CT molecular complexity index is 561. The Morgan fingerprint density at radius 2 is 1.94 bits per heavy atom. The molecule has 1 atom stereocenters. The summed E-state index contributed by atoms with van der Waals surface area (Å²) in [5.41, 5.74) is 12.2. The van der Waals surface area contributed by atoms with E-state index in [1.807, 2.05) is 6.20 Å². The summed E-state index contributed by atoms with van der Waals surface area (Å²) in [5, 5.41) is 0. The monoisotopic (exact) mass is 224 g/mol. The van der Waals surface area contributed by atoms with Crippen LogP contribution < -0.4 is 5.73 Å². The van der Waals surface area contributed by atoms with E-state index in [0.717, 1.165) is 18.5 Å². The van der Waals surface area contributed by atoms with Crippen LogP contribution in [0.5, 0.6) is 0 Å². The van der Waals surface area contributed by atoms with Gasteiger partial charge in [0.05, 0.1) is 5.69 Å². The molecule has 2 aromatic rings. The molecule has 1 aliphatic carbocycles. The number of hydrogen-bond acceptors (Lipinski definition) is 2. The van der Waals surface area contributed by atoms with Crippen LogP contribution in [0.15, 0.2) is 36.5 Å². The fourth-order valence-corrected chi connectivity index (χ4v) is 2.54. The number of nitrogens with zero attached hydrogens (tertiary/aromatic N) is 1. The van der Waals surface area contributed by atoms with Crippen molar-refractivity contribution in [3.05, 3.63) is 53.2 Å². The summed E-state index contributed by atoms with van der Waals surface area (Å²) in [6.07, 6.45) is 3.94. The highest BCUT2D eigenvalue weighted by molar-refractivity contribution is 5.64. The first-order valence-electron chi connectivity index (χ1n) is 6.03. The maximum absolute atomic E-state index is 5.98. The maximum Gasteiger partial charge on any atom is 0.0707 e. The molecule has 0 fully saturated rings. The summed E-state index contributed by atoms with van der Waals surface area (Å²) >= 11 is 0. The first-order chi connectivity index (χ1) is 8.24. The molecule has 3 rings (SSSR count). The molecule has 1 heterocycles. The summed E-state index contributed by atoms with van der Waals surface area (Å²) in [6, 6.07) is 10.8.